The summed E-state index contributed by atoms with van der Waals surface area (Å²) in [6.45, 7) is 2.21. The summed E-state index contributed by atoms with van der Waals surface area (Å²) < 4.78 is 0. The molecule has 0 bridgehead atoms. The van der Waals surface area contributed by atoms with E-state index in [1.807, 2.05) is 0 Å². The minimum absolute atomic E-state index is 0.0830. The Bertz CT molecular complexity index is 437. The lowest BCUT2D eigenvalue weighted by molar-refractivity contribution is -0.383. The molecule has 1 aromatic rings. The minimum atomic E-state index is -0.507. The number of nitro benzene ring substituents is 1. The normalized spacial score (nSPS) is 9.76. The van der Waals surface area contributed by atoms with Gasteiger partial charge >= 0.3 is 0 Å². The summed E-state index contributed by atoms with van der Waals surface area (Å²) in [5.41, 5.74) is 0.296. The highest BCUT2D eigenvalue weighted by Gasteiger charge is 2.13. The van der Waals surface area contributed by atoms with Crippen LogP contribution in [0.25, 0.3) is 0 Å². The number of amides is 1. The fourth-order valence-corrected chi connectivity index (χ4v) is 1.41. The summed E-state index contributed by atoms with van der Waals surface area (Å²) in [4.78, 5) is 20.9. The molecule has 0 aliphatic heterocycles. The van der Waals surface area contributed by atoms with E-state index in [-0.39, 0.29) is 11.6 Å². The number of nitrogens with one attached hydrogen (secondary N) is 2. The molecule has 17 heavy (non-hydrogen) atoms. The Hall–Kier alpha value is -1.82. The second kappa shape index (κ2) is 6.05. The molecule has 1 rings (SSSR count). The molecule has 2 N–H and O–H groups in total. The van der Waals surface area contributed by atoms with E-state index in [9.17, 15) is 14.9 Å². The van der Waals surface area contributed by atoms with Gasteiger partial charge in [0.1, 0.15) is 5.69 Å². The molecule has 0 unspecified atom stereocenters. The van der Waals surface area contributed by atoms with E-state index in [4.69, 9.17) is 11.6 Å². The Balaban J connectivity index is 2.64. The molecule has 0 saturated heterocycles. The van der Waals surface area contributed by atoms with Crippen molar-refractivity contribution in [1.82, 2.24) is 5.32 Å². The number of hydrogen-bond acceptors (Lipinski definition) is 4. The van der Waals surface area contributed by atoms with Crippen LogP contribution in [0.5, 0.6) is 0 Å². The first-order valence-electron chi connectivity index (χ1n) is 4.93. The second-order valence-corrected chi connectivity index (χ2v) is 3.76. The first kappa shape index (κ1) is 13.2. The molecule has 0 aromatic heterocycles. The Morgan fingerprint density at radius 1 is 1.47 bits per heavy atom. The zero-order chi connectivity index (χ0) is 12.8. The number of benzene rings is 1. The lowest BCUT2D eigenvalue weighted by Crippen LogP contribution is -2.26. The lowest BCUT2D eigenvalue weighted by atomic mass is 10.2. The monoisotopic (exact) mass is 257 g/mol. The summed E-state index contributed by atoms with van der Waals surface area (Å²) in [6, 6.07) is 4.38. The van der Waals surface area contributed by atoms with E-state index >= 15 is 0 Å². The van der Waals surface area contributed by atoms with Crippen molar-refractivity contribution >= 4 is 28.9 Å². The van der Waals surface area contributed by atoms with E-state index in [2.05, 4.69) is 10.6 Å². The number of nitrogens with zero attached hydrogens (tertiary/aromatic N) is 1. The van der Waals surface area contributed by atoms with Crippen LogP contribution in [0.15, 0.2) is 18.2 Å². The quantitative estimate of drug-likeness (QED) is 0.479. The molecule has 92 valence electrons. The van der Waals surface area contributed by atoms with Crippen LogP contribution < -0.4 is 10.6 Å². The van der Waals surface area contributed by atoms with Gasteiger partial charge in [0.2, 0.25) is 5.91 Å². The zero-order valence-corrected chi connectivity index (χ0v) is 9.95. The Labute approximate surface area is 103 Å². The molecule has 0 aliphatic rings. The summed E-state index contributed by atoms with van der Waals surface area (Å²) in [7, 11) is 0. The zero-order valence-electron chi connectivity index (χ0n) is 9.20. The molecule has 0 atom stereocenters. The summed E-state index contributed by atoms with van der Waals surface area (Å²) in [5, 5.41) is 16.5. The van der Waals surface area contributed by atoms with Crippen LogP contribution in [0.1, 0.15) is 6.92 Å². The van der Waals surface area contributed by atoms with Gasteiger partial charge in [-0.2, -0.15) is 0 Å². The maximum Gasteiger partial charge on any atom is 0.293 e. The highest BCUT2D eigenvalue weighted by Crippen LogP contribution is 2.27. The van der Waals surface area contributed by atoms with Crippen molar-refractivity contribution in [3.63, 3.8) is 0 Å². The average Bonchev–Trinajstić information content (AvgIpc) is 2.25. The fourth-order valence-electron chi connectivity index (χ4n) is 1.24. The minimum Gasteiger partial charge on any atom is -0.378 e. The van der Waals surface area contributed by atoms with E-state index in [0.717, 1.165) is 0 Å². The molecule has 0 saturated carbocycles. The molecular formula is C10H12ClN3O3. The van der Waals surface area contributed by atoms with Gasteiger partial charge in [0, 0.05) is 31.1 Å². The number of nitro groups is 1. The summed E-state index contributed by atoms with van der Waals surface area (Å²) in [5.74, 6) is -0.141. The van der Waals surface area contributed by atoms with Crippen LogP contribution in [-0.2, 0) is 4.79 Å². The number of rotatable bonds is 5. The maximum absolute atomic E-state index is 10.8. The molecular weight excluding hydrogens is 246 g/mol. The van der Waals surface area contributed by atoms with E-state index in [1.54, 1.807) is 6.07 Å². The van der Waals surface area contributed by atoms with Crippen molar-refractivity contribution in [1.29, 1.82) is 0 Å². The number of halogens is 1. The van der Waals surface area contributed by atoms with Crippen LogP contribution in [0.2, 0.25) is 5.02 Å². The smallest absolute Gasteiger partial charge is 0.293 e. The highest BCUT2D eigenvalue weighted by atomic mass is 35.5. The van der Waals surface area contributed by atoms with Crippen molar-refractivity contribution in [3.8, 4) is 0 Å². The molecule has 0 spiro atoms. The Morgan fingerprint density at radius 2 is 2.18 bits per heavy atom. The van der Waals surface area contributed by atoms with Gasteiger partial charge in [0.15, 0.2) is 0 Å². The van der Waals surface area contributed by atoms with Gasteiger partial charge in [0.05, 0.1) is 4.92 Å². The third kappa shape index (κ3) is 4.28. The first-order valence-corrected chi connectivity index (χ1v) is 5.30. The maximum atomic E-state index is 10.8. The molecule has 1 amide bonds. The van der Waals surface area contributed by atoms with Gasteiger partial charge in [-0.25, -0.2) is 0 Å². The topological polar surface area (TPSA) is 84.3 Å². The molecule has 6 nitrogen and oxygen atoms in total. The molecule has 7 heteroatoms. The van der Waals surface area contributed by atoms with Crippen molar-refractivity contribution < 1.29 is 9.72 Å². The third-order valence-corrected chi connectivity index (χ3v) is 2.21. The van der Waals surface area contributed by atoms with Crippen LogP contribution >= 0.6 is 11.6 Å². The van der Waals surface area contributed by atoms with Gasteiger partial charge in [0.25, 0.3) is 5.69 Å². The average molecular weight is 258 g/mol. The van der Waals surface area contributed by atoms with Gasteiger partial charge in [-0.05, 0) is 12.1 Å². The summed E-state index contributed by atoms with van der Waals surface area (Å²) >= 11 is 5.67. The van der Waals surface area contributed by atoms with Crippen molar-refractivity contribution in [3.05, 3.63) is 33.3 Å². The third-order valence-electron chi connectivity index (χ3n) is 1.97. The highest BCUT2D eigenvalue weighted by molar-refractivity contribution is 6.30. The summed E-state index contributed by atoms with van der Waals surface area (Å²) in [6.07, 6.45) is 0. The number of hydrogen-bond donors (Lipinski definition) is 2. The first-order chi connectivity index (χ1) is 8.00. The number of anilines is 1. The Morgan fingerprint density at radius 3 is 2.76 bits per heavy atom. The van der Waals surface area contributed by atoms with E-state index < -0.39 is 4.92 Å². The van der Waals surface area contributed by atoms with Gasteiger partial charge in [-0.1, -0.05) is 11.6 Å². The standard InChI is InChI=1S/C10H12ClN3O3/c1-7(15)12-4-5-13-9-3-2-8(11)6-10(9)14(16)17/h2-3,6,13H,4-5H2,1H3,(H,12,15). The molecule has 1 aromatic carbocycles. The van der Waals surface area contributed by atoms with Crippen molar-refractivity contribution in [2.24, 2.45) is 0 Å². The molecule has 0 heterocycles. The number of carbonyl (C=O) groups is 1. The van der Waals surface area contributed by atoms with Gasteiger partial charge < -0.3 is 10.6 Å². The predicted octanol–water partition coefficient (Wildman–Crippen LogP) is 1.80. The van der Waals surface area contributed by atoms with Crippen molar-refractivity contribution in [2.45, 2.75) is 6.92 Å². The predicted molar refractivity (Wildman–Crippen MR) is 65.3 cm³/mol. The molecule has 0 aliphatic carbocycles. The lowest BCUT2D eigenvalue weighted by Gasteiger charge is -2.07. The van der Waals surface area contributed by atoms with Gasteiger partial charge in [-0.15, -0.1) is 0 Å². The van der Waals surface area contributed by atoms with Gasteiger partial charge in [-0.3, -0.25) is 14.9 Å². The van der Waals surface area contributed by atoms with Crippen LogP contribution in [-0.4, -0.2) is 23.9 Å². The van der Waals surface area contributed by atoms with Crippen LogP contribution in [0, 0.1) is 10.1 Å². The second-order valence-electron chi connectivity index (χ2n) is 3.33. The fraction of sp³-hybridized carbons (Fsp3) is 0.300. The molecule has 0 radical (unpaired) electrons. The van der Waals surface area contributed by atoms with E-state index in [0.29, 0.717) is 23.8 Å². The largest absolute Gasteiger partial charge is 0.378 e. The van der Waals surface area contributed by atoms with Crippen molar-refractivity contribution in [2.75, 3.05) is 18.4 Å². The SMILES string of the molecule is CC(=O)NCCNc1ccc(Cl)cc1[N+](=O)[O-]. The Kier molecular flexibility index (Phi) is 4.71. The number of carbonyl (C=O) groups excluding carboxylic acids is 1. The van der Waals surface area contributed by atoms with Crippen LogP contribution in [0.3, 0.4) is 0 Å². The van der Waals surface area contributed by atoms with E-state index in [1.165, 1.54) is 19.1 Å². The van der Waals surface area contributed by atoms with Crippen LogP contribution in [0.4, 0.5) is 11.4 Å². The molecule has 0 fully saturated rings.